The van der Waals surface area contributed by atoms with Crippen LogP contribution in [-0.4, -0.2) is 26.9 Å². The first-order chi connectivity index (χ1) is 11.8. The summed E-state index contributed by atoms with van der Waals surface area (Å²) in [7, 11) is -3.57. The van der Waals surface area contributed by atoms with E-state index in [1.807, 2.05) is 44.2 Å². The number of amides is 1. The first kappa shape index (κ1) is 17.8. The van der Waals surface area contributed by atoms with Crippen LogP contribution in [0, 0.1) is 0 Å². The number of benzene rings is 2. The van der Waals surface area contributed by atoms with Crippen LogP contribution in [0.4, 0.5) is 11.4 Å². The van der Waals surface area contributed by atoms with Crippen LogP contribution in [0.25, 0.3) is 0 Å². The Morgan fingerprint density at radius 3 is 2.52 bits per heavy atom. The quantitative estimate of drug-likeness (QED) is 0.818. The van der Waals surface area contributed by atoms with Crippen molar-refractivity contribution in [2.45, 2.75) is 25.6 Å². The van der Waals surface area contributed by atoms with E-state index in [1.54, 1.807) is 23.1 Å². The number of rotatable bonds is 4. The molecule has 0 fully saturated rings. The summed E-state index contributed by atoms with van der Waals surface area (Å²) in [5, 5.41) is 0.442. The second-order valence-electron chi connectivity index (χ2n) is 6.23. The Balaban J connectivity index is 1.93. The van der Waals surface area contributed by atoms with Gasteiger partial charge in [0.05, 0.1) is 11.4 Å². The van der Waals surface area contributed by atoms with E-state index in [0.717, 1.165) is 9.99 Å². The second-order valence-corrected chi connectivity index (χ2v) is 8.56. The van der Waals surface area contributed by atoms with Crippen LogP contribution < -0.4 is 9.21 Å². The first-order valence-electron chi connectivity index (χ1n) is 7.95. The first-order valence-corrected chi connectivity index (χ1v) is 9.94. The molecule has 2 aromatic carbocycles. The predicted octanol–water partition coefficient (Wildman–Crippen LogP) is 3.43. The number of anilines is 2. The lowest BCUT2D eigenvalue weighted by molar-refractivity contribution is -0.117. The summed E-state index contributed by atoms with van der Waals surface area (Å²) >= 11 is 6.01. The van der Waals surface area contributed by atoms with Crippen molar-refractivity contribution in [2.24, 2.45) is 0 Å². The zero-order valence-corrected chi connectivity index (χ0v) is 15.6. The summed E-state index contributed by atoms with van der Waals surface area (Å²) in [6, 6.07) is 14.1. The van der Waals surface area contributed by atoms with Crippen molar-refractivity contribution in [2.75, 3.05) is 15.7 Å². The molecule has 1 amide bonds. The van der Waals surface area contributed by atoms with Crippen molar-refractivity contribution in [3.05, 3.63) is 59.1 Å². The molecule has 0 unspecified atom stereocenters. The fourth-order valence-electron chi connectivity index (χ4n) is 3.02. The van der Waals surface area contributed by atoms with E-state index >= 15 is 0 Å². The number of carbonyl (C=O) groups is 1. The molecule has 0 aromatic heterocycles. The summed E-state index contributed by atoms with van der Waals surface area (Å²) in [5.74, 6) is -0.391. The minimum absolute atomic E-state index is 0.0981. The Labute approximate surface area is 152 Å². The van der Waals surface area contributed by atoms with Gasteiger partial charge in [-0.25, -0.2) is 8.42 Å². The predicted molar refractivity (Wildman–Crippen MR) is 100 cm³/mol. The van der Waals surface area contributed by atoms with Gasteiger partial charge in [0.25, 0.3) is 0 Å². The van der Waals surface area contributed by atoms with Crippen molar-refractivity contribution in [1.82, 2.24) is 0 Å². The van der Waals surface area contributed by atoms with Crippen LogP contribution in [-0.2, 0) is 20.6 Å². The average molecular weight is 379 g/mol. The molecule has 1 heterocycles. The monoisotopic (exact) mass is 378 g/mol. The minimum Gasteiger partial charge on any atom is -0.308 e. The van der Waals surface area contributed by atoms with Gasteiger partial charge < -0.3 is 4.90 Å². The van der Waals surface area contributed by atoms with Gasteiger partial charge in [-0.15, -0.1) is 0 Å². The highest BCUT2D eigenvalue weighted by atomic mass is 35.5. The fourth-order valence-corrected chi connectivity index (χ4v) is 4.75. The molecular formula is C18H19ClN2O3S. The van der Waals surface area contributed by atoms with Crippen molar-refractivity contribution < 1.29 is 13.2 Å². The molecule has 5 nitrogen and oxygen atoms in total. The smallest absolute Gasteiger partial charge is 0.247 e. The summed E-state index contributed by atoms with van der Waals surface area (Å²) < 4.78 is 26.2. The molecule has 25 heavy (non-hydrogen) atoms. The lowest BCUT2D eigenvalue weighted by atomic mass is 10.2. The Morgan fingerprint density at radius 2 is 1.88 bits per heavy atom. The molecule has 7 heteroatoms. The maximum atomic E-state index is 12.9. The van der Waals surface area contributed by atoms with Gasteiger partial charge in [-0.1, -0.05) is 35.9 Å². The molecule has 0 atom stereocenters. The van der Waals surface area contributed by atoms with Gasteiger partial charge in [-0.05, 0) is 43.7 Å². The zero-order valence-electron chi connectivity index (χ0n) is 14.0. The minimum atomic E-state index is -3.57. The summed E-state index contributed by atoms with van der Waals surface area (Å²) in [6.07, 6.45) is 0. The second kappa shape index (κ2) is 6.69. The molecule has 0 aliphatic carbocycles. The SMILES string of the molecule is CC(C)N(C(=O)CN1c2cc(Cl)ccc2CS1(=O)=O)c1ccccc1. The Hall–Kier alpha value is -2.05. The number of hydrogen-bond donors (Lipinski definition) is 0. The van der Waals surface area contributed by atoms with Gasteiger partial charge in [0.1, 0.15) is 6.54 Å². The highest BCUT2D eigenvalue weighted by Crippen LogP contribution is 2.35. The number of hydrogen-bond acceptors (Lipinski definition) is 3. The molecule has 0 radical (unpaired) electrons. The zero-order chi connectivity index (χ0) is 18.2. The van der Waals surface area contributed by atoms with Gasteiger partial charge in [0, 0.05) is 16.8 Å². The van der Waals surface area contributed by atoms with Crippen LogP contribution >= 0.6 is 11.6 Å². The maximum absolute atomic E-state index is 12.9. The number of nitrogens with zero attached hydrogens (tertiary/aromatic N) is 2. The molecule has 0 saturated carbocycles. The highest BCUT2D eigenvalue weighted by molar-refractivity contribution is 7.92. The number of fused-ring (bicyclic) bond motifs is 1. The topological polar surface area (TPSA) is 57.7 Å². The molecule has 0 saturated heterocycles. The largest absolute Gasteiger partial charge is 0.308 e. The molecule has 0 spiro atoms. The van der Waals surface area contributed by atoms with Crippen LogP contribution in [0.3, 0.4) is 0 Å². The van der Waals surface area contributed by atoms with Gasteiger partial charge in [-0.3, -0.25) is 9.10 Å². The molecule has 132 valence electrons. The van der Waals surface area contributed by atoms with Gasteiger partial charge in [0.2, 0.25) is 15.9 Å². The third kappa shape index (κ3) is 3.50. The Kier molecular flexibility index (Phi) is 4.75. The third-order valence-electron chi connectivity index (χ3n) is 4.09. The standard InChI is InChI=1S/C18H19ClN2O3S/c1-13(2)21(16-6-4-3-5-7-16)18(22)11-20-17-10-15(19)9-8-14(17)12-25(20,23)24/h3-10,13H,11-12H2,1-2H3. The van der Waals surface area contributed by atoms with E-state index in [1.165, 1.54) is 0 Å². The van der Waals surface area contributed by atoms with Crippen LogP contribution in [0.15, 0.2) is 48.5 Å². The summed E-state index contributed by atoms with van der Waals surface area (Å²) in [6.45, 7) is 3.55. The van der Waals surface area contributed by atoms with Crippen LogP contribution in [0.2, 0.25) is 5.02 Å². The van der Waals surface area contributed by atoms with E-state index < -0.39 is 10.0 Å². The Bertz CT molecular complexity index is 898. The van der Waals surface area contributed by atoms with Gasteiger partial charge >= 0.3 is 0 Å². The van der Waals surface area contributed by atoms with Gasteiger partial charge in [0.15, 0.2) is 0 Å². The molecule has 3 rings (SSSR count). The molecule has 0 N–H and O–H groups in total. The number of carbonyl (C=O) groups excluding carboxylic acids is 1. The van der Waals surface area contributed by atoms with Crippen molar-refractivity contribution >= 4 is 38.9 Å². The Morgan fingerprint density at radius 1 is 1.20 bits per heavy atom. The van der Waals surface area contributed by atoms with E-state index in [-0.39, 0.29) is 24.2 Å². The van der Waals surface area contributed by atoms with Crippen molar-refractivity contribution in [3.8, 4) is 0 Å². The normalized spacial score (nSPS) is 15.3. The molecular weight excluding hydrogens is 360 g/mol. The highest BCUT2D eigenvalue weighted by Gasteiger charge is 2.36. The van der Waals surface area contributed by atoms with E-state index in [2.05, 4.69) is 0 Å². The number of halogens is 1. The molecule has 1 aliphatic rings. The number of sulfonamides is 1. The van der Waals surface area contributed by atoms with Crippen LogP contribution in [0.1, 0.15) is 19.4 Å². The van der Waals surface area contributed by atoms with Gasteiger partial charge in [-0.2, -0.15) is 0 Å². The number of para-hydroxylation sites is 1. The lowest BCUT2D eigenvalue weighted by Gasteiger charge is -2.29. The van der Waals surface area contributed by atoms with E-state index in [9.17, 15) is 13.2 Å². The van der Waals surface area contributed by atoms with Crippen molar-refractivity contribution in [1.29, 1.82) is 0 Å². The maximum Gasteiger partial charge on any atom is 0.247 e. The molecule has 2 aromatic rings. The third-order valence-corrected chi connectivity index (χ3v) is 6.00. The van der Waals surface area contributed by atoms with E-state index in [0.29, 0.717) is 16.3 Å². The summed E-state index contributed by atoms with van der Waals surface area (Å²) in [4.78, 5) is 14.5. The molecule has 1 aliphatic heterocycles. The fraction of sp³-hybridized carbons (Fsp3) is 0.278. The van der Waals surface area contributed by atoms with E-state index in [4.69, 9.17) is 11.6 Å². The average Bonchev–Trinajstić information content (AvgIpc) is 2.78. The molecule has 0 bridgehead atoms. The van der Waals surface area contributed by atoms with Crippen LogP contribution in [0.5, 0.6) is 0 Å². The van der Waals surface area contributed by atoms with Crippen molar-refractivity contribution in [3.63, 3.8) is 0 Å². The summed E-state index contributed by atoms with van der Waals surface area (Å²) in [5.41, 5.74) is 1.89. The lowest BCUT2D eigenvalue weighted by Crippen LogP contribution is -2.44.